The van der Waals surface area contributed by atoms with Crippen LogP contribution in [0.25, 0.3) is 10.2 Å². The summed E-state index contributed by atoms with van der Waals surface area (Å²) in [6.07, 6.45) is 1.99. The maximum absolute atomic E-state index is 13.4. The highest BCUT2D eigenvalue weighted by molar-refractivity contribution is 7.22. The Labute approximate surface area is 173 Å². The fourth-order valence-corrected chi connectivity index (χ4v) is 4.70. The first kappa shape index (κ1) is 19.4. The SMILES string of the molecule is CCn1nc(C(=O)N(C[C@H]2CCCO2)c2nc3c(C)c(Cl)ccc3s2)cc1C. The van der Waals surface area contributed by atoms with E-state index >= 15 is 0 Å². The molecule has 1 aliphatic heterocycles. The predicted octanol–water partition coefficient (Wildman–Crippen LogP) is 4.61. The molecule has 0 N–H and O–H groups in total. The maximum atomic E-state index is 13.4. The molecule has 1 aromatic carbocycles. The van der Waals surface area contributed by atoms with Crippen LogP contribution in [0.1, 0.15) is 41.5 Å². The Morgan fingerprint density at radius 1 is 1.43 bits per heavy atom. The summed E-state index contributed by atoms with van der Waals surface area (Å²) in [5.74, 6) is -0.145. The second kappa shape index (κ2) is 7.81. The Hall–Kier alpha value is -1.96. The van der Waals surface area contributed by atoms with Gasteiger partial charge in [-0.15, -0.1) is 0 Å². The lowest BCUT2D eigenvalue weighted by molar-refractivity contribution is 0.0912. The molecule has 8 heteroatoms. The molecule has 1 saturated heterocycles. The molecule has 4 rings (SSSR count). The number of rotatable bonds is 5. The van der Waals surface area contributed by atoms with Crippen LogP contribution in [-0.2, 0) is 11.3 Å². The number of aromatic nitrogens is 3. The molecule has 0 saturated carbocycles. The van der Waals surface area contributed by atoms with Gasteiger partial charge in [0, 0.05) is 23.9 Å². The number of amides is 1. The van der Waals surface area contributed by atoms with Crippen molar-refractivity contribution in [3.05, 3.63) is 40.2 Å². The van der Waals surface area contributed by atoms with Crippen LogP contribution in [0.5, 0.6) is 0 Å². The fraction of sp³-hybridized carbons (Fsp3) is 0.450. The molecule has 3 aromatic rings. The van der Waals surface area contributed by atoms with Crippen molar-refractivity contribution in [3.8, 4) is 0 Å². The summed E-state index contributed by atoms with van der Waals surface area (Å²) in [5.41, 5.74) is 3.17. The minimum Gasteiger partial charge on any atom is -0.376 e. The zero-order valence-electron chi connectivity index (χ0n) is 16.2. The molecule has 28 heavy (non-hydrogen) atoms. The number of fused-ring (bicyclic) bond motifs is 1. The monoisotopic (exact) mass is 418 g/mol. The van der Waals surface area contributed by atoms with Crippen molar-refractivity contribution in [2.45, 2.75) is 46.3 Å². The molecule has 0 aliphatic carbocycles. The van der Waals surface area contributed by atoms with Crippen molar-refractivity contribution >= 4 is 44.2 Å². The van der Waals surface area contributed by atoms with Crippen molar-refractivity contribution in [2.75, 3.05) is 18.1 Å². The van der Waals surface area contributed by atoms with Crippen LogP contribution < -0.4 is 4.90 Å². The van der Waals surface area contributed by atoms with E-state index in [2.05, 4.69) is 5.10 Å². The van der Waals surface area contributed by atoms with E-state index in [0.717, 1.165) is 47.5 Å². The molecule has 0 radical (unpaired) electrons. The Morgan fingerprint density at radius 2 is 2.25 bits per heavy atom. The van der Waals surface area contributed by atoms with E-state index in [0.29, 0.717) is 22.4 Å². The van der Waals surface area contributed by atoms with E-state index in [4.69, 9.17) is 21.3 Å². The van der Waals surface area contributed by atoms with E-state index in [1.54, 1.807) is 4.90 Å². The second-order valence-corrected chi connectivity index (χ2v) is 8.47. The first-order valence-corrected chi connectivity index (χ1v) is 10.7. The Kier molecular flexibility index (Phi) is 5.40. The van der Waals surface area contributed by atoms with Crippen LogP contribution >= 0.6 is 22.9 Å². The average Bonchev–Trinajstić information content (AvgIpc) is 3.41. The third-order valence-corrected chi connectivity index (χ3v) is 6.58. The van der Waals surface area contributed by atoms with Gasteiger partial charge < -0.3 is 4.74 Å². The Bertz CT molecular complexity index is 1020. The van der Waals surface area contributed by atoms with Crippen molar-refractivity contribution in [1.82, 2.24) is 14.8 Å². The highest BCUT2D eigenvalue weighted by Crippen LogP contribution is 2.34. The molecule has 1 amide bonds. The predicted molar refractivity (Wildman–Crippen MR) is 113 cm³/mol. The molecule has 0 spiro atoms. The maximum Gasteiger partial charge on any atom is 0.280 e. The lowest BCUT2D eigenvalue weighted by Gasteiger charge is -2.22. The summed E-state index contributed by atoms with van der Waals surface area (Å²) in [6, 6.07) is 5.67. The van der Waals surface area contributed by atoms with Gasteiger partial charge in [-0.1, -0.05) is 22.9 Å². The number of benzene rings is 1. The number of anilines is 1. The number of thiazole rings is 1. The number of nitrogens with zero attached hydrogens (tertiary/aromatic N) is 4. The minimum absolute atomic E-state index is 0.0232. The number of hydrogen-bond acceptors (Lipinski definition) is 5. The molecule has 2 aromatic heterocycles. The van der Waals surface area contributed by atoms with Crippen molar-refractivity contribution < 1.29 is 9.53 Å². The number of ether oxygens (including phenoxy) is 1. The minimum atomic E-state index is -0.145. The lowest BCUT2D eigenvalue weighted by Crippen LogP contribution is -2.37. The highest BCUT2D eigenvalue weighted by Gasteiger charge is 2.29. The van der Waals surface area contributed by atoms with E-state index in [1.807, 2.05) is 43.7 Å². The molecule has 1 fully saturated rings. The van der Waals surface area contributed by atoms with Crippen LogP contribution in [0.3, 0.4) is 0 Å². The van der Waals surface area contributed by atoms with Gasteiger partial charge in [0.15, 0.2) is 10.8 Å². The summed E-state index contributed by atoms with van der Waals surface area (Å²) in [7, 11) is 0. The first-order chi connectivity index (χ1) is 13.5. The molecule has 0 unspecified atom stereocenters. The molecular weight excluding hydrogens is 396 g/mol. The van der Waals surface area contributed by atoms with Gasteiger partial charge >= 0.3 is 0 Å². The van der Waals surface area contributed by atoms with Crippen LogP contribution in [0.15, 0.2) is 18.2 Å². The van der Waals surface area contributed by atoms with Gasteiger partial charge in [0.1, 0.15) is 0 Å². The quantitative estimate of drug-likeness (QED) is 0.607. The number of aryl methyl sites for hydroxylation is 3. The van der Waals surface area contributed by atoms with Gasteiger partial charge in [0.25, 0.3) is 5.91 Å². The number of carbonyl (C=O) groups excluding carboxylic acids is 1. The highest BCUT2D eigenvalue weighted by atomic mass is 35.5. The zero-order valence-corrected chi connectivity index (χ0v) is 17.8. The Balaban J connectivity index is 1.74. The summed E-state index contributed by atoms with van der Waals surface area (Å²) in [4.78, 5) is 19.9. The smallest absolute Gasteiger partial charge is 0.280 e. The zero-order chi connectivity index (χ0) is 19.8. The summed E-state index contributed by atoms with van der Waals surface area (Å²) >= 11 is 7.76. The standard InChI is InChI=1S/C20H23ClN4O2S/c1-4-25-12(2)10-16(23-25)19(26)24(11-14-6-5-9-27-14)20-22-18-13(3)15(21)7-8-17(18)28-20/h7-8,10,14H,4-6,9,11H2,1-3H3/t14-/m1/s1. The van der Waals surface area contributed by atoms with Crippen LogP contribution in [0.4, 0.5) is 5.13 Å². The molecule has 6 nitrogen and oxygen atoms in total. The molecule has 148 valence electrons. The largest absolute Gasteiger partial charge is 0.376 e. The summed E-state index contributed by atoms with van der Waals surface area (Å²) in [5, 5.41) is 5.81. The van der Waals surface area contributed by atoms with Crippen LogP contribution in [0, 0.1) is 13.8 Å². The third kappa shape index (κ3) is 3.54. The topological polar surface area (TPSA) is 60.2 Å². The van der Waals surface area contributed by atoms with Gasteiger partial charge in [0.05, 0.1) is 22.9 Å². The van der Waals surface area contributed by atoms with Crippen molar-refractivity contribution in [3.63, 3.8) is 0 Å². The van der Waals surface area contributed by atoms with E-state index in [1.165, 1.54) is 11.3 Å². The molecule has 1 aliphatic rings. The normalized spacial score (nSPS) is 16.8. The number of halogens is 1. The van der Waals surface area contributed by atoms with Gasteiger partial charge in [-0.2, -0.15) is 5.10 Å². The molecule has 0 bridgehead atoms. The molecular formula is C20H23ClN4O2S. The van der Waals surface area contributed by atoms with Gasteiger partial charge in [-0.05, 0) is 57.4 Å². The average molecular weight is 419 g/mol. The van der Waals surface area contributed by atoms with Gasteiger partial charge in [-0.25, -0.2) is 4.98 Å². The summed E-state index contributed by atoms with van der Waals surface area (Å²) < 4.78 is 8.64. The van der Waals surface area contributed by atoms with Crippen LogP contribution in [0.2, 0.25) is 5.02 Å². The number of carbonyl (C=O) groups is 1. The fourth-order valence-electron chi connectivity index (χ4n) is 3.52. The molecule has 3 heterocycles. The lowest BCUT2D eigenvalue weighted by atomic mass is 10.2. The molecule has 1 atom stereocenters. The van der Waals surface area contributed by atoms with Crippen LogP contribution in [-0.4, -0.2) is 39.9 Å². The van der Waals surface area contributed by atoms with E-state index < -0.39 is 0 Å². The second-order valence-electron chi connectivity index (χ2n) is 7.05. The number of hydrogen-bond donors (Lipinski definition) is 0. The van der Waals surface area contributed by atoms with Crippen molar-refractivity contribution in [1.29, 1.82) is 0 Å². The van der Waals surface area contributed by atoms with Crippen molar-refractivity contribution in [2.24, 2.45) is 0 Å². The first-order valence-electron chi connectivity index (χ1n) is 9.51. The van der Waals surface area contributed by atoms with E-state index in [-0.39, 0.29) is 12.0 Å². The third-order valence-electron chi connectivity index (χ3n) is 5.12. The van der Waals surface area contributed by atoms with Gasteiger partial charge in [-0.3, -0.25) is 14.4 Å². The Morgan fingerprint density at radius 3 is 2.93 bits per heavy atom. The van der Waals surface area contributed by atoms with E-state index in [9.17, 15) is 4.79 Å². The van der Waals surface area contributed by atoms with Gasteiger partial charge in [0.2, 0.25) is 0 Å². The summed E-state index contributed by atoms with van der Waals surface area (Å²) in [6.45, 7) is 7.86.